The van der Waals surface area contributed by atoms with Crippen LogP contribution in [0.3, 0.4) is 0 Å². The molecule has 0 aliphatic heterocycles. The van der Waals surface area contributed by atoms with Gasteiger partial charge in [-0.2, -0.15) is 0 Å². The van der Waals surface area contributed by atoms with Gasteiger partial charge >= 0.3 is 5.97 Å². The lowest BCUT2D eigenvalue weighted by atomic mass is 10.0. The Labute approximate surface area is 229 Å². The molecule has 38 heavy (non-hydrogen) atoms. The Bertz CT molecular complexity index is 1640. The highest BCUT2D eigenvalue weighted by Gasteiger charge is 2.21. The fourth-order valence-electron chi connectivity index (χ4n) is 3.88. The molecule has 0 aliphatic rings. The van der Waals surface area contributed by atoms with Crippen LogP contribution in [0.15, 0.2) is 97.1 Å². The van der Waals surface area contributed by atoms with Gasteiger partial charge in [0.25, 0.3) is 5.91 Å². The molecule has 0 bridgehead atoms. The average Bonchev–Trinajstić information content (AvgIpc) is 2.94. The lowest BCUT2D eigenvalue weighted by Gasteiger charge is -2.15. The summed E-state index contributed by atoms with van der Waals surface area (Å²) in [5.74, 6) is -1.19. The summed E-state index contributed by atoms with van der Waals surface area (Å²) in [6.45, 7) is 1.48. The van der Waals surface area contributed by atoms with Crippen LogP contribution in [0.25, 0.3) is 33.5 Å². The molecule has 0 aliphatic carbocycles. The number of fused-ring (bicyclic) bond motifs is 1. The van der Waals surface area contributed by atoms with Crippen molar-refractivity contribution < 1.29 is 14.3 Å². The van der Waals surface area contributed by atoms with Gasteiger partial charge in [0.1, 0.15) is 0 Å². The van der Waals surface area contributed by atoms with Crippen molar-refractivity contribution >= 4 is 51.8 Å². The molecule has 0 saturated heterocycles. The van der Waals surface area contributed by atoms with E-state index in [-0.39, 0.29) is 10.6 Å². The molecule has 5 rings (SSSR count). The summed E-state index contributed by atoms with van der Waals surface area (Å²) in [6.07, 6.45) is -1.07. The van der Waals surface area contributed by atoms with Crippen molar-refractivity contribution in [3.8, 4) is 22.5 Å². The van der Waals surface area contributed by atoms with Crippen LogP contribution in [0.1, 0.15) is 17.3 Å². The second-order valence-corrected chi connectivity index (χ2v) is 9.36. The van der Waals surface area contributed by atoms with E-state index in [0.29, 0.717) is 27.4 Å². The molecule has 0 spiro atoms. The van der Waals surface area contributed by atoms with Crippen molar-refractivity contribution in [1.29, 1.82) is 0 Å². The minimum atomic E-state index is -1.07. The molecular weight excluding hydrogens is 521 g/mol. The van der Waals surface area contributed by atoms with E-state index in [1.165, 1.54) is 13.0 Å². The Morgan fingerprint density at radius 1 is 0.763 bits per heavy atom. The molecule has 1 N–H and O–H groups in total. The van der Waals surface area contributed by atoms with E-state index in [9.17, 15) is 9.59 Å². The first-order valence-electron chi connectivity index (χ1n) is 11.8. The maximum Gasteiger partial charge on any atom is 0.338 e. The summed E-state index contributed by atoms with van der Waals surface area (Å²) in [5, 5.41) is 3.36. The van der Waals surface area contributed by atoms with Crippen molar-refractivity contribution in [2.24, 2.45) is 0 Å². The van der Waals surface area contributed by atoms with Gasteiger partial charge in [0.2, 0.25) is 0 Å². The highest BCUT2D eigenvalue weighted by atomic mass is 35.5. The van der Waals surface area contributed by atoms with Crippen LogP contribution in [-0.2, 0) is 9.53 Å². The quantitative estimate of drug-likeness (QED) is 0.225. The van der Waals surface area contributed by atoms with Gasteiger partial charge in [-0.1, -0.05) is 83.9 Å². The molecule has 0 fully saturated rings. The Balaban J connectivity index is 1.42. The predicted octanol–water partition coefficient (Wildman–Crippen LogP) is 7.45. The minimum Gasteiger partial charge on any atom is -0.449 e. The molecule has 8 heteroatoms. The van der Waals surface area contributed by atoms with Gasteiger partial charge in [-0.15, -0.1) is 0 Å². The maximum atomic E-state index is 12.9. The van der Waals surface area contributed by atoms with E-state index in [1.54, 1.807) is 30.3 Å². The average molecular weight is 542 g/mol. The van der Waals surface area contributed by atoms with Gasteiger partial charge in [-0.3, -0.25) is 4.79 Å². The standard InChI is InChI=1S/C30H21Cl2N3O3/c1-18(29(36)35-24-15-13-22(31)17-23(24)32)38-30(37)21-12-14-25-26(16-21)34-28(20-10-6-3-7-11-20)27(33-25)19-8-4-2-5-9-19/h2-18H,1H3,(H,35,36). The summed E-state index contributed by atoms with van der Waals surface area (Å²) >= 11 is 12.0. The van der Waals surface area contributed by atoms with Crippen LogP contribution in [0.5, 0.6) is 0 Å². The molecule has 6 nitrogen and oxygen atoms in total. The van der Waals surface area contributed by atoms with E-state index in [4.69, 9.17) is 37.9 Å². The lowest BCUT2D eigenvalue weighted by Crippen LogP contribution is -2.30. The number of ether oxygens (including phenoxy) is 1. The van der Waals surface area contributed by atoms with Gasteiger partial charge in [0.05, 0.1) is 38.7 Å². The van der Waals surface area contributed by atoms with E-state index < -0.39 is 18.0 Å². The second-order valence-electron chi connectivity index (χ2n) is 8.52. The van der Waals surface area contributed by atoms with E-state index in [2.05, 4.69) is 5.32 Å². The number of hydrogen-bond donors (Lipinski definition) is 1. The molecule has 188 valence electrons. The summed E-state index contributed by atoms with van der Waals surface area (Å²) in [6, 6.07) is 29.2. The third-order valence-corrected chi connectivity index (χ3v) is 6.38. The normalized spacial score (nSPS) is 11.7. The zero-order chi connectivity index (χ0) is 26.6. The Kier molecular flexibility index (Phi) is 7.36. The number of carbonyl (C=O) groups is 2. The largest absolute Gasteiger partial charge is 0.449 e. The molecule has 0 radical (unpaired) electrons. The van der Waals surface area contributed by atoms with Gasteiger partial charge in [-0.05, 0) is 43.3 Å². The molecule has 1 atom stereocenters. The Morgan fingerprint density at radius 3 is 1.97 bits per heavy atom. The number of benzene rings is 4. The van der Waals surface area contributed by atoms with E-state index in [0.717, 1.165) is 16.8 Å². The highest BCUT2D eigenvalue weighted by molar-refractivity contribution is 6.36. The van der Waals surface area contributed by atoms with Gasteiger partial charge in [0.15, 0.2) is 6.10 Å². The van der Waals surface area contributed by atoms with E-state index in [1.807, 2.05) is 60.7 Å². The van der Waals surface area contributed by atoms with Crippen LogP contribution in [0, 0.1) is 0 Å². The number of halogens is 2. The molecule has 1 amide bonds. The number of carbonyl (C=O) groups excluding carboxylic acids is 2. The summed E-state index contributed by atoms with van der Waals surface area (Å²) in [7, 11) is 0. The van der Waals surface area contributed by atoms with Crippen LogP contribution in [0.4, 0.5) is 5.69 Å². The molecule has 1 unspecified atom stereocenters. The first-order chi connectivity index (χ1) is 18.4. The number of anilines is 1. The summed E-state index contributed by atoms with van der Waals surface area (Å²) in [4.78, 5) is 35.3. The number of rotatable bonds is 6. The number of nitrogens with one attached hydrogen (secondary N) is 1. The third-order valence-electron chi connectivity index (χ3n) is 5.84. The molecule has 1 heterocycles. The Morgan fingerprint density at radius 2 is 1.37 bits per heavy atom. The third kappa shape index (κ3) is 5.52. The number of nitrogens with zero attached hydrogens (tertiary/aromatic N) is 2. The smallest absolute Gasteiger partial charge is 0.338 e. The fraction of sp³-hybridized carbons (Fsp3) is 0.0667. The van der Waals surface area contributed by atoms with Crippen molar-refractivity contribution in [1.82, 2.24) is 9.97 Å². The van der Waals surface area contributed by atoms with Gasteiger partial charge in [-0.25, -0.2) is 14.8 Å². The second kappa shape index (κ2) is 11.0. The SMILES string of the molecule is CC(OC(=O)c1ccc2nc(-c3ccccc3)c(-c3ccccc3)nc2c1)C(=O)Nc1ccc(Cl)cc1Cl. The van der Waals surface area contributed by atoms with Crippen molar-refractivity contribution in [2.75, 3.05) is 5.32 Å². The number of esters is 1. The molecule has 1 aromatic heterocycles. The first kappa shape index (κ1) is 25.4. The van der Waals surface area contributed by atoms with Crippen LogP contribution in [0.2, 0.25) is 10.0 Å². The molecule has 5 aromatic rings. The van der Waals surface area contributed by atoms with Crippen molar-refractivity contribution in [2.45, 2.75) is 13.0 Å². The number of hydrogen-bond acceptors (Lipinski definition) is 5. The fourth-order valence-corrected chi connectivity index (χ4v) is 4.34. The minimum absolute atomic E-state index is 0.252. The van der Waals surface area contributed by atoms with E-state index >= 15 is 0 Å². The maximum absolute atomic E-state index is 12.9. The summed E-state index contributed by atoms with van der Waals surface area (Å²) < 4.78 is 5.42. The molecule has 4 aromatic carbocycles. The zero-order valence-electron chi connectivity index (χ0n) is 20.2. The van der Waals surface area contributed by atoms with Gasteiger partial charge in [0, 0.05) is 16.1 Å². The van der Waals surface area contributed by atoms with Crippen LogP contribution in [-0.4, -0.2) is 27.9 Å². The summed E-state index contributed by atoms with van der Waals surface area (Å²) in [5.41, 5.74) is 5.05. The van der Waals surface area contributed by atoms with Crippen LogP contribution < -0.4 is 5.32 Å². The predicted molar refractivity (Wildman–Crippen MR) is 150 cm³/mol. The van der Waals surface area contributed by atoms with Gasteiger partial charge < -0.3 is 10.1 Å². The molecule has 0 saturated carbocycles. The monoisotopic (exact) mass is 541 g/mol. The first-order valence-corrected chi connectivity index (χ1v) is 12.5. The van der Waals surface area contributed by atoms with Crippen LogP contribution >= 0.6 is 23.2 Å². The number of amides is 1. The topological polar surface area (TPSA) is 81.2 Å². The Hall–Kier alpha value is -4.26. The van der Waals surface area contributed by atoms with Crippen molar-refractivity contribution in [3.05, 3.63) is 113 Å². The lowest BCUT2D eigenvalue weighted by molar-refractivity contribution is -0.123. The molecular formula is C30H21Cl2N3O3. The van der Waals surface area contributed by atoms with Crippen molar-refractivity contribution in [3.63, 3.8) is 0 Å². The highest BCUT2D eigenvalue weighted by Crippen LogP contribution is 2.31. The number of aromatic nitrogens is 2. The zero-order valence-corrected chi connectivity index (χ0v) is 21.7.